The Hall–Kier alpha value is -2.97. The van der Waals surface area contributed by atoms with Gasteiger partial charge in [-0.2, -0.15) is 13.2 Å². The van der Waals surface area contributed by atoms with Gasteiger partial charge in [-0.3, -0.25) is 9.59 Å². The summed E-state index contributed by atoms with van der Waals surface area (Å²) in [6.45, 7) is -1.59. The predicted molar refractivity (Wildman–Crippen MR) is 93.7 cm³/mol. The van der Waals surface area contributed by atoms with E-state index in [0.717, 1.165) is 12.1 Å². The molecule has 150 valence electrons. The maximum atomic E-state index is 12.8. The fourth-order valence-electron chi connectivity index (χ4n) is 2.92. The van der Waals surface area contributed by atoms with E-state index in [1.54, 1.807) is 29.2 Å². The Labute approximate surface area is 159 Å². The van der Waals surface area contributed by atoms with E-state index in [1.165, 1.54) is 18.4 Å². The van der Waals surface area contributed by atoms with Gasteiger partial charge in [-0.15, -0.1) is 0 Å². The number of rotatable bonds is 7. The lowest BCUT2D eigenvalue weighted by atomic mass is 10.3. The zero-order valence-electron chi connectivity index (χ0n) is 14.9. The first-order valence-electron chi connectivity index (χ1n) is 8.72. The molecule has 0 atom stereocenters. The van der Waals surface area contributed by atoms with E-state index < -0.39 is 25.2 Å². The molecule has 0 bridgehead atoms. The molecule has 0 aliphatic carbocycles. The Balaban J connectivity index is 1.59. The van der Waals surface area contributed by atoms with Crippen LogP contribution in [0.15, 0.2) is 47.1 Å². The number of halogens is 3. The monoisotopic (exact) mass is 396 g/mol. The van der Waals surface area contributed by atoms with Crippen molar-refractivity contribution in [3.8, 4) is 5.75 Å². The van der Waals surface area contributed by atoms with Gasteiger partial charge in [0.05, 0.1) is 12.8 Å². The minimum atomic E-state index is -4.54. The minimum Gasteiger partial charge on any atom is -0.484 e. The molecule has 1 aliphatic rings. The molecule has 3 rings (SSSR count). The summed E-state index contributed by atoms with van der Waals surface area (Å²) in [4.78, 5) is 26.3. The molecule has 2 aromatic rings. The fraction of sp³-hybridized carbons (Fsp3) is 0.368. The van der Waals surface area contributed by atoms with Crippen LogP contribution in [0.2, 0.25) is 0 Å². The van der Waals surface area contributed by atoms with Crippen LogP contribution in [0.3, 0.4) is 0 Å². The first-order valence-corrected chi connectivity index (χ1v) is 8.72. The summed E-state index contributed by atoms with van der Waals surface area (Å²) in [5.74, 6) is -0.192. The maximum Gasteiger partial charge on any atom is 0.406 e. The molecule has 2 heterocycles. The van der Waals surface area contributed by atoms with Crippen LogP contribution in [0.1, 0.15) is 18.6 Å². The lowest BCUT2D eigenvalue weighted by molar-refractivity contribution is -0.164. The average molecular weight is 396 g/mol. The van der Waals surface area contributed by atoms with Crippen molar-refractivity contribution in [2.45, 2.75) is 25.6 Å². The number of anilines is 1. The summed E-state index contributed by atoms with van der Waals surface area (Å²) in [5, 5.41) is 0. The first kappa shape index (κ1) is 19.8. The van der Waals surface area contributed by atoms with Crippen molar-refractivity contribution in [3.63, 3.8) is 0 Å². The molecule has 28 heavy (non-hydrogen) atoms. The van der Waals surface area contributed by atoms with Crippen LogP contribution in [-0.2, 0) is 16.1 Å². The fourth-order valence-corrected chi connectivity index (χ4v) is 2.92. The highest BCUT2D eigenvalue weighted by atomic mass is 19.4. The van der Waals surface area contributed by atoms with Gasteiger partial charge in [-0.05, 0) is 42.8 Å². The van der Waals surface area contributed by atoms with Crippen molar-refractivity contribution >= 4 is 17.5 Å². The third kappa shape index (κ3) is 5.28. The predicted octanol–water partition coefficient (Wildman–Crippen LogP) is 3.38. The van der Waals surface area contributed by atoms with E-state index >= 15 is 0 Å². The van der Waals surface area contributed by atoms with Crippen LogP contribution in [0, 0.1) is 0 Å². The summed E-state index contributed by atoms with van der Waals surface area (Å²) < 4.78 is 48.7. The highest BCUT2D eigenvalue weighted by Gasteiger charge is 2.33. The number of benzene rings is 1. The Morgan fingerprint density at radius 2 is 1.96 bits per heavy atom. The number of furan rings is 1. The first-order chi connectivity index (χ1) is 13.3. The third-order valence-corrected chi connectivity index (χ3v) is 4.23. The molecule has 0 radical (unpaired) electrons. The van der Waals surface area contributed by atoms with Crippen LogP contribution in [0.25, 0.3) is 0 Å². The average Bonchev–Trinajstić information content (AvgIpc) is 3.30. The number of carbonyl (C=O) groups excluding carboxylic acids is 2. The maximum absolute atomic E-state index is 12.8. The van der Waals surface area contributed by atoms with Gasteiger partial charge in [-0.1, -0.05) is 0 Å². The summed E-state index contributed by atoms with van der Waals surface area (Å²) in [5.41, 5.74) is 0.720. The van der Waals surface area contributed by atoms with Crippen molar-refractivity contribution < 1.29 is 31.9 Å². The molecule has 0 spiro atoms. The summed E-state index contributed by atoms with van der Waals surface area (Å²) in [6.07, 6.45) is -1.89. The van der Waals surface area contributed by atoms with Crippen LogP contribution >= 0.6 is 0 Å². The quantitative estimate of drug-likeness (QED) is 0.720. The number of carbonyl (C=O) groups is 2. The third-order valence-electron chi connectivity index (χ3n) is 4.23. The van der Waals surface area contributed by atoms with Gasteiger partial charge in [0.1, 0.15) is 18.1 Å². The Morgan fingerprint density at radius 1 is 1.21 bits per heavy atom. The van der Waals surface area contributed by atoms with Crippen LogP contribution in [0.5, 0.6) is 5.75 Å². The van der Waals surface area contributed by atoms with Gasteiger partial charge in [0.15, 0.2) is 6.61 Å². The van der Waals surface area contributed by atoms with Gasteiger partial charge in [0, 0.05) is 18.7 Å². The Kier molecular flexibility index (Phi) is 5.91. The molecular formula is C19H19F3N2O4. The van der Waals surface area contributed by atoms with E-state index in [0.29, 0.717) is 23.6 Å². The number of alkyl halides is 3. The van der Waals surface area contributed by atoms with Crippen LogP contribution in [-0.4, -0.2) is 42.6 Å². The lowest BCUT2D eigenvalue weighted by Gasteiger charge is -2.23. The topological polar surface area (TPSA) is 63.0 Å². The number of nitrogens with zero attached hydrogens (tertiary/aromatic N) is 2. The summed E-state index contributed by atoms with van der Waals surface area (Å²) >= 11 is 0. The molecule has 1 aromatic carbocycles. The number of amides is 2. The van der Waals surface area contributed by atoms with Gasteiger partial charge in [0.25, 0.3) is 5.91 Å². The van der Waals surface area contributed by atoms with Crippen molar-refractivity contribution in [1.82, 2.24) is 4.90 Å². The van der Waals surface area contributed by atoms with Gasteiger partial charge in [-0.25, -0.2) is 0 Å². The van der Waals surface area contributed by atoms with Crippen molar-refractivity contribution in [2.75, 3.05) is 24.6 Å². The molecule has 1 fully saturated rings. The molecule has 1 aromatic heterocycles. The summed E-state index contributed by atoms with van der Waals surface area (Å²) in [7, 11) is 0. The zero-order valence-corrected chi connectivity index (χ0v) is 14.9. The van der Waals surface area contributed by atoms with E-state index in [2.05, 4.69) is 0 Å². The molecule has 6 nitrogen and oxygen atoms in total. The lowest BCUT2D eigenvalue weighted by Crippen LogP contribution is -2.40. The van der Waals surface area contributed by atoms with E-state index in [9.17, 15) is 22.8 Å². The van der Waals surface area contributed by atoms with Gasteiger partial charge < -0.3 is 19.0 Å². The van der Waals surface area contributed by atoms with Crippen molar-refractivity contribution in [3.05, 3.63) is 48.4 Å². The SMILES string of the molecule is O=C(COc1ccc(N2CCCC2=O)cc1)N(Cc1ccco1)CC(F)(F)F. The number of ether oxygens (including phenoxy) is 1. The molecule has 9 heteroatoms. The van der Waals surface area contributed by atoms with E-state index in [-0.39, 0.29) is 18.2 Å². The number of hydrogen-bond donors (Lipinski definition) is 0. The Morgan fingerprint density at radius 3 is 2.54 bits per heavy atom. The number of hydrogen-bond acceptors (Lipinski definition) is 4. The zero-order chi connectivity index (χ0) is 20.1. The second-order valence-corrected chi connectivity index (χ2v) is 6.38. The highest BCUT2D eigenvalue weighted by Crippen LogP contribution is 2.24. The molecule has 0 saturated carbocycles. The van der Waals surface area contributed by atoms with Crippen molar-refractivity contribution in [2.24, 2.45) is 0 Å². The smallest absolute Gasteiger partial charge is 0.406 e. The Bertz CT molecular complexity index is 804. The summed E-state index contributed by atoms with van der Waals surface area (Å²) in [6, 6.07) is 9.55. The molecule has 1 saturated heterocycles. The van der Waals surface area contributed by atoms with Crippen LogP contribution < -0.4 is 9.64 Å². The highest BCUT2D eigenvalue weighted by molar-refractivity contribution is 5.95. The largest absolute Gasteiger partial charge is 0.484 e. The normalized spacial score (nSPS) is 14.4. The van der Waals surface area contributed by atoms with Gasteiger partial charge >= 0.3 is 6.18 Å². The minimum absolute atomic E-state index is 0.0459. The van der Waals surface area contributed by atoms with Crippen molar-refractivity contribution in [1.29, 1.82) is 0 Å². The van der Waals surface area contributed by atoms with E-state index in [4.69, 9.17) is 9.15 Å². The van der Waals surface area contributed by atoms with Crippen LogP contribution in [0.4, 0.5) is 18.9 Å². The van der Waals surface area contributed by atoms with E-state index in [1.807, 2.05) is 0 Å². The molecule has 1 aliphatic heterocycles. The molecule has 2 amide bonds. The second kappa shape index (κ2) is 8.37. The standard InChI is InChI=1S/C19H19F3N2O4/c20-19(21,22)13-23(11-16-3-2-10-27-16)18(26)12-28-15-7-5-14(6-8-15)24-9-1-4-17(24)25/h2-3,5-8,10H,1,4,9,11-13H2. The molecule has 0 N–H and O–H groups in total. The molecular weight excluding hydrogens is 377 g/mol. The second-order valence-electron chi connectivity index (χ2n) is 6.38. The molecule has 0 unspecified atom stereocenters. The van der Waals surface area contributed by atoms with Gasteiger partial charge in [0.2, 0.25) is 5.91 Å².